The van der Waals surface area contributed by atoms with Gasteiger partial charge in [0.15, 0.2) is 3.92 Å². The number of piperazine rings is 1. The van der Waals surface area contributed by atoms with E-state index in [1.807, 2.05) is 6.07 Å². The Labute approximate surface area is 117 Å². The van der Waals surface area contributed by atoms with Gasteiger partial charge in [0, 0.05) is 38.6 Å². The molecular formula is C10H11BrN6S. The molecule has 8 heteroatoms. The maximum absolute atomic E-state index is 4.27. The van der Waals surface area contributed by atoms with Gasteiger partial charge >= 0.3 is 0 Å². The zero-order chi connectivity index (χ0) is 12.4. The van der Waals surface area contributed by atoms with Gasteiger partial charge in [0.2, 0.25) is 11.1 Å². The molecule has 2 aromatic heterocycles. The van der Waals surface area contributed by atoms with Crippen LogP contribution in [0.1, 0.15) is 0 Å². The summed E-state index contributed by atoms with van der Waals surface area (Å²) in [6.45, 7) is 3.64. The summed E-state index contributed by atoms with van der Waals surface area (Å²) in [5, 5.41) is 9.08. The summed E-state index contributed by atoms with van der Waals surface area (Å²) < 4.78 is 0.825. The van der Waals surface area contributed by atoms with Crippen molar-refractivity contribution in [1.82, 2.24) is 20.2 Å². The second-order valence-electron chi connectivity index (χ2n) is 3.86. The molecule has 0 aliphatic carbocycles. The number of anilines is 2. The van der Waals surface area contributed by atoms with Crippen molar-refractivity contribution in [2.45, 2.75) is 0 Å². The van der Waals surface area contributed by atoms with Crippen molar-refractivity contribution >= 4 is 38.3 Å². The van der Waals surface area contributed by atoms with E-state index < -0.39 is 0 Å². The molecule has 18 heavy (non-hydrogen) atoms. The van der Waals surface area contributed by atoms with E-state index in [1.165, 1.54) is 0 Å². The van der Waals surface area contributed by atoms with E-state index in [0.29, 0.717) is 0 Å². The van der Waals surface area contributed by atoms with Crippen LogP contribution in [0.3, 0.4) is 0 Å². The number of nitrogens with zero attached hydrogens (tertiary/aromatic N) is 6. The molecule has 0 amide bonds. The van der Waals surface area contributed by atoms with Gasteiger partial charge < -0.3 is 9.80 Å². The van der Waals surface area contributed by atoms with E-state index in [1.54, 1.807) is 23.7 Å². The third-order valence-electron chi connectivity index (χ3n) is 2.77. The Morgan fingerprint density at radius 3 is 2.28 bits per heavy atom. The molecule has 0 saturated carbocycles. The molecule has 0 atom stereocenters. The summed E-state index contributed by atoms with van der Waals surface area (Å²) in [6, 6.07) is 1.83. The molecule has 1 saturated heterocycles. The minimum absolute atomic E-state index is 0.801. The van der Waals surface area contributed by atoms with Crippen molar-refractivity contribution in [2.24, 2.45) is 0 Å². The fraction of sp³-hybridized carbons (Fsp3) is 0.400. The summed E-state index contributed by atoms with van der Waals surface area (Å²) in [7, 11) is 0. The van der Waals surface area contributed by atoms with E-state index in [9.17, 15) is 0 Å². The molecule has 0 N–H and O–H groups in total. The second-order valence-corrected chi connectivity index (χ2v) is 6.09. The Hall–Kier alpha value is -1.28. The van der Waals surface area contributed by atoms with E-state index in [-0.39, 0.29) is 0 Å². The van der Waals surface area contributed by atoms with Crippen LogP contribution in [0.15, 0.2) is 22.4 Å². The Morgan fingerprint density at radius 2 is 1.67 bits per heavy atom. The first-order valence-corrected chi connectivity index (χ1v) is 7.20. The topological polar surface area (TPSA) is 58.0 Å². The van der Waals surface area contributed by atoms with Gasteiger partial charge in [0.1, 0.15) is 0 Å². The van der Waals surface area contributed by atoms with E-state index >= 15 is 0 Å². The average Bonchev–Trinajstić information content (AvgIpc) is 2.87. The summed E-state index contributed by atoms with van der Waals surface area (Å²) in [5.74, 6) is 0.801. The van der Waals surface area contributed by atoms with Gasteiger partial charge in [0.25, 0.3) is 0 Å². The molecule has 0 radical (unpaired) electrons. The maximum Gasteiger partial charge on any atom is 0.225 e. The van der Waals surface area contributed by atoms with Crippen LogP contribution in [-0.2, 0) is 0 Å². The molecule has 1 aliphatic heterocycles. The number of hydrogen-bond acceptors (Lipinski definition) is 7. The van der Waals surface area contributed by atoms with Gasteiger partial charge in [-0.2, -0.15) is 0 Å². The second kappa shape index (κ2) is 5.15. The average molecular weight is 327 g/mol. The molecule has 94 valence electrons. The van der Waals surface area contributed by atoms with Crippen molar-refractivity contribution in [3.05, 3.63) is 22.4 Å². The lowest BCUT2D eigenvalue weighted by molar-refractivity contribution is 0.636. The third kappa shape index (κ3) is 2.44. The summed E-state index contributed by atoms with van der Waals surface area (Å²) >= 11 is 4.90. The SMILES string of the molecule is Brc1nnc(N2CCN(c3ncccn3)CC2)s1. The molecule has 2 aromatic rings. The Bertz CT molecular complexity index is 510. The van der Waals surface area contributed by atoms with Gasteiger partial charge in [-0.1, -0.05) is 11.3 Å². The Balaban J connectivity index is 1.65. The van der Waals surface area contributed by atoms with Gasteiger partial charge in [0.05, 0.1) is 0 Å². The highest BCUT2D eigenvalue weighted by atomic mass is 79.9. The minimum Gasteiger partial charge on any atom is -0.343 e. The lowest BCUT2D eigenvalue weighted by Gasteiger charge is -2.34. The fourth-order valence-electron chi connectivity index (χ4n) is 1.88. The van der Waals surface area contributed by atoms with Crippen LogP contribution >= 0.6 is 27.3 Å². The molecule has 3 rings (SSSR count). The van der Waals surface area contributed by atoms with Crippen LogP contribution < -0.4 is 9.80 Å². The summed E-state index contributed by atoms with van der Waals surface area (Å²) in [5.41, 5.74) is 0. The first-order chi connectivity index (χ1) is 8.83. The molecule has 1 aliphatic rings. The molecule has 0 unspecified atom stereocenters. The van der Waals surface area contributed by atoms with Crippen molar-refractivity contribution < 1.29 is 0 Å². The number of rotatable bonds is 2. The molecule has 6 nitrogen and oxygen atoms in total. The van der Waals surface area contributed by atoms with E-state index in [4.69, 9.17) is 0 Å². The van der Waals surface area contributed by atoms with Gasteiger partial charge in [-0.05, 0) is 22.0 Å². The molecule has 0 bridgehead atoms. The lowest BCUT2D eigenvalue weighted by atomic mass is 10.3. The smallest absolute Gasteiger partial charge is 0.225 e. The summed E-state index contributed by atoms with van der Waals surface area (Å²) in [6.07, 6.45) is 3.55. The zero-order valence-corrected chi connectivity index (χ0v) is 11.9. The highest BCUT2D eigenvalue weighted by molar-refractivity contribution is 9.11. The fourth-order valence-corrected chi connectivity index (χ4v) is 3.02. The van der Waals surface area contributed by atoms with Crippen molar-refractivity contribution in [3.63, 3.8) is 0 Å². The summed E-state index contributed by atoms with van der Waals surface area (Å²) in [4.78, 5) is 13.0. The number of hydrogen-bond donors (Lipinski definition) is 0. The van der Waals surface area contributed by atoms with Gasteiger partial charge in [-0.15, -0.1) is 10.2 Å². The highest BCUT2D eigenvalue weighted by Crippen LogP contribution is 2.25. The van der Waals surface area contributed by atoms with Gasteiger partial charge in [-0.3, -0.25) is 0 Å². The molecule has 1 fully saturated rings. The van der Waals surface area contributed by atoms with Crippen LogP contribution in [0.25, 0.3) is 0 Å². The number of halogens is 1. The van der Waals surface area contributed by atoms with Crippen LogP contribution in [0.5, 0.6) is 0 Å². The van der Waals surface area contributed by atoms with Crippen molar-refractivity contribution in [1.29, 1.82) is 0 Å². The Morgan fingerprint density at radius 1 is 1.00 bits per heavy atom. The molecule has 3 heterocycles. The van der Waals surface area contributed by atoms with E-state index in [2.05, 4.69) is 45.9 Å². The van der Waals surface area contributed by atoms with Gasteiger partial charge in [-0.25, -0.2) is 9.97 Å². The highest BCUT2D eigenvalue weighted by Gasteiger charge is 2.21. The lowest BCUT2D eigenvalue weighted by Crippen LogP contribution is -2.47. The molecule has 0 aromatic carbocycles. The largest absolute Gasteiger partial charge is 0.343 e. The van der Waals surface area contributed by atoms with Crippen LogP contribution in [0, 0.1) is 0 Å². The molecular weight excluding hydrogens is 316 g/mol. The zero-order valence-electron chi connectivity index (χ0n) is 9.53. The van der Waals surface area contributed by atoms with Crippen LogP contribution in [0.4, 0.5) is 11.1 Å². The predicted molar refractivity (Wildman–Crippen MR) is 74.1 cm³/mol. The number of aromatic nitrogens is 4. The first-order valence-electron chi connectivity index (χ1n) is 5.59. The van der Waals surface area contributed by atoms with Crippen molar-refractivity contribution in [2.75, 3.05) is 36.0 Å². The van der Waals surface area contributed by atoms with Crippen molar-refractivity contribution in [3.8, 4) is 0 Å². The van der Waals surface area contributed by atoms with E-state index in [0.717, 1.165) is 41.2 Å². The minimum atomic E-state index is 0.801. The quantitative estimate of drug-likeness (QED) is 0.831. The first kappa shape index (κ1) is 11.8. The third-order valence-corrected chi connectivity index (χ3v) is 4.19. The standard InChI is InChI=1S/C10H11BrN6S/c11-8-14-15-10(18-8)17-6-4-16(5-7-17)9-12-2-1-3-13-9/h1-3H,4-7H2. The molecule has 0 spiro atoms. The van der Waals surface area contributed by atoms with Crippen LogP contribution in [0.2, 0.25) is 0 Å². The Kier molecular flexibility index (Phi) is 3.37. The monoisotopic (exact) mass is 326 g/mol. The maximum atomic E-state index is 4.27. The predicted octanol–water partition coefficient (Wildman–Crippen LogP) is 1.42. The normalized spacial score (nSPS) is 16.1. The van der Waals surface area contributed by atoms with Crippen LogP contribution in [-0.4, -0.2) is 46.3 Å².